The molecule has 3 rings (SSSR count). The fraction of sp³-hybridized carbons (Fsp3) is 0.273. The van der Waals surface area contributed by atoms with Gasteiger partial charge in [-0.1, -0.05) is 23.7 Å². The first kappa shape index (κ1) is 20.7. The molecule has 0 radical (unpaired) electrons. The highest BCUT2D eigenvalue weighted by Gasteiger charge is 2.19. The van der Waals surface area contributed by atoms with Gasteiger partial charge in [-0.25, -0.2) is 0 Å². The van der Waals surface area contributed by atoms with E-state index in [9.17, 15) is 4.79 Å². The fourth-order valence-corrected chi connectivity index (χ4v) is 3.13. The molecule has 152 valence electrons. The third kappa shape index (κ3) is 4.90. The topological polar surface area (TPSA) is 64.8 Å². The van der Waals surface area contributed by atoms with Gasteiger partial charge in [0.05, 0.1) is 26.3 Å². The molecule has 29 heavy (non-hydrogen) atoms. The zero-order valence-corrected chi connectivity index (χ0v) is 17.4. The van der Waals surface area contributed by atoms with Crippen LogP contribution in [0, 0.1) is 0 Å². The van der Waals surface area contributed by atoms with E-state index in [0.29, 0.717) is 46.6 Å². The van der Waals surface area contributed by atoms with Crippen LogP contribution in [0.5, 0.6) is 11.5 Å². The number of carbonyl (C=O) groups excluding carboxylic acids is 1. The molecule has 1 aromatic heterocycles. The van der Waals surface area contributed by atoms with Crippen molar-refractivity contribution >= 4 is 17.5 Å². The maximum absolute atomic E-state index is 12.9. The Kier molecular flexibility index (Phi) is 6.77. The summed E-state index contributed by atoms with van der Waals surface area (Å²) >= 11 is 5.93. The van der Waals surface area contributed by atoms with Crippen molar-refractivity contribution in [3.63, 3.8) is 0 Å². The smallest absolute Gasteiger partial charge is 0.254 e. The highest BCUT2D eigenvalue weighted by Crippen LogP contribution is 2.33. The van der Waals surface area contributed by atoms with Gasteiger partial charge in [0.25, 0.3) is 5.91 Å². The van der Waals surface area contributed by atoms with Gasteiger partial charge in [-0.15, -0.1) is 0 Å². The fourth-order valence-electron chi connectivity index (χ4n) is 3.01. The van der Waals surface area contributed by atoms with Crippen LogP contribution >= 0.6 is 11.6 Å². The summed E-state index contributed by atoms with van der Waals surface area (Å²) in [5.41, 5.74) is 2.01. The van der Waals surface area contributed by atoms with E-state index >= 15 is 0 Å². The largest absolute Gasteiger partial charge is 0.497 e. The van der Waals surface area contributed by atoms with E-state index in [4.69, 9.17) is 25.6 Å². The number of benzene rings is 2. The molecule has 1 amide bonds. The molecule has 2 aromatic carbocycles. The van der Waals surface area contributed by atoms with E-state index in [1.165, 1.54) is 0 Å². The van der Waals surface area contributed by atoms with Gasteiger partial charge in [-0.3, -0.25) is 4.79 Å². The molecule has 1 heterocycles. The van der Waals surface area contributed by atoms with Crippen LogP contribution in [0.15, 0.2) is 53.1 Å². The second-order valence-electron chi connectivity index (χ2n) is 6.48. The summed E-state index contributed by atoms with van der Waals surface area (Å²) in [6.07, 6.45) is 0.830. The van der Waals surface area contributed by atoms with E-state index in [0.717, 1.165) is 12.0 Å². The van der Waals surface area contributed by atoms with Crippen LogP contribution in [-0.4, -0.2) is 36.7 Å². The number of halogens is 1. The van der Waals surface area contributed by atoms with E-state index in [1.807, 2.05) is 25.1 Å². The third-order valence-corrected chi connectivity index (χ3v) is 4.71. The highest BCUT2D eigenvalue weighted by molar-refractivity contribution is 6.30. The second kappa shape index (κ2) is 9.47. The minimum absolute atomic E-state index is 0.0740. The van der Waals surface area contributed by atoms with E-state index in [-0.39, 0.29) is 5.91 Å². The monoisotopic (exact) mass is 414 g/mol. The normalized spacial score (nSPS) is 10.6. The van der Waals surface area contributed by atoms with Crippen LogP contribution in [-0.2, 0) is 6.54 Å². The third-order valence-electron chi connectivity index (χ3n) is 4.46. The Morgan fingerprint density at radius 2 is 1.86 bits per heavy atom. The zero-order chi connectivity index (χ0) is 20.8. The second-order valence-corrected chi connectivity index (χ2v) is 6.92. The van der Waals surface area contributed by atoms with E-state index in [2.05, 4.69) is 5.16 Å². The Morgan fingerprint density at radius 1 is 1.10 bits per heavy atom. The standard InChI is InChI=1S/C22H23ClN2O4/c1-4-11-25(22(26)15-5-7-16(23)8-6-15)14-17-12-21(29-24-17)19-10-9-18(27-2)13-20(19)28-3/h5-10,12-13H,4,11,14H2,1-3H3. The molecule has 0 aliphatic rings. The maximum Gasteiger partial charge on any atom is 0.254 e. The number of carbonyl (C=O) groups is 1. The number of rotatable bonds is 8. The van der Waals surface area contributed by atoms with Gasteiger partial charge in [-0.05, 0) is 42.8 Å². The zero-order valence-electron chi connectivity index (χ0n) is 16.6. The van der Waals surface area contributed by atoms with Crippen molar-refractivity contribution in [1.29, 1.82) is 0 Å². The van der Waals surface area contributed by atoms with Crippen LogP contribution in [0.2, 0.25) is 5.02 Å². The van der Waals surface area contributed by atoms with Crippen molar-refractivity contribution in [2.75, 3.05) is 20.8 Å². The number of aromatic nitrogens is 1. The molecule has 0 saturated heterocycles. The Bertz CT molecular complexity index is 969. The number of methoxy groups -OCH3 is 2. The predicted molar refractivity (Wildman–Crippen MR) is 112 cm³/mol. The van der Waals surface area contributed by atoms with Crippen molar-refractivity contribution in [2.45, 2.75) is 19.9 Å². The first-order chi connectivity index (χ1) is 14.0. The number of hydrogen-bond acceptors (Lipinski definition) is 5. The number of nitrogens with zero attached hydrogens (tertiary/aromatic N) is 2. The van der Waals surface area contributed by atoms with Crippen LogP contribution in [0.3, 0.4) is 0 Å². The van der Waals surface area contributed by atoms with Crippen molar-refractivity contribution in [3.05, 3.63) is 64.8 Å². The lowest BCUT2D eigenvalue weighted by molar-refractivity contribution is 0.0739. The first-order valence-corrected chi connectivity index (χ1v) is 9.66. The Balaban J connectivity index is 1.81. The minimum atomic E-state index is -0.0740. The summed E-state index contributed by atoms with van der Waals surface area (Å²) in [5.74, 6) is 1.80. The Labute approximate surface area is 175 Å². The van der Waals surface area contributed by atoms with Crippen molar-refractivity contribution in [3.8, 4) is 22.8 Å². The summed E-state index contributed by atoms with van der Waals surface area (Å²) in [7, 11) is 3.18. The Hall–Kier alpha value is -2.99. The SMILES string of the molecule is CCCN(Cc1cc(-c2ccc(OC)cc2OC)on1)C(=O)c1ccc(Cl)cc1. The Morgan fingerprint density at radius 3 is 2.52 bits per heavy atom. The summed E-state index contributed by atoms with van der Waals surface area (Å²) in [5, 5.41) is 4.74. The molecule has 0 N–H and O–H groups in total. The molecule has 0 spiro atoms. The summed E-state index contributed by atoms with van der Waals surface area (Å²) in [4.78, 5) is 14.6. The van der Waals surface area contributed by atoms with Gasteiger partial charge in [-0.2, -0.15) is 0 Å². The quantitative estimate of drug-likeness (QED) is 0.515. The molecule has 0 unspecified atom stereocenters. The summed E-state index contributed by atoms with van der Waals surface area (Å²) < 4.78 is 16.2. The molecule has 0 aliphatic carbocycles. The van der Waals surface area contributed by atoms with E-state index in [1.54, 1.807) is 49.5 Å². The van der Waals surface area contributed by atoms with Gasteiger partial charge < -0.3 is 18.9 Å². The lowest BCUT2D eigenvalue weighted by Gasteiger charge is -2.21. The van der Waals surface area contributed by atoms with E-state index < -0.39 is 0 Å². The number of amides is 1. The molecule has 0 saturated carbocycles. The summed E-state index contributed by atoms with van der Waals surface area (Å²) in [6.45, 7) is 2.98. The number of hydrogen-bond donors (Lipinski definition) is 0. The van der Waals surface area contributed by atoms with Gasteiger partial charge in [0.15, 0.2) is 5.76 Å². The molecule has 7 heteroatoms. The van der Waals surface area contributed by atoms with Crippen LogP contribution < -0.4 is 9.47 Å². The van der Waals surface area contributed by atoms with Gasteiger partial charge in [0, 0.05) is 29.3 Å². The van der Waals surface area contributed by atoms with Crippen LogP contribution in [0.25, 0.3) is 11.3 Å². The highest BCUT2D eigenvalue weighted by atomic mass is 35.5. The molecular formula is C22H23ClN2O4. The minimum Gasteiger partial charge on any atom is -0.497 e. The van der Waals surface area contributed by atoms with Crippen molar-refractivity contribution in [2.24, 2.45) is 0 Å². The lowest BCUT2D eigenvalue weighted by atomic mass is 10.1. The molecule has 6 nitrogen and oxygen atoms in total. The van der Waals surface area contributed by atoms with Gasteiger partial charge in [0.1, 0.15) is 17.2 Å². The predicted octanol–water partition coefficient (Wildman–Crippen LogP) is 5.06. The number of ether oxygens (including phenoxy) is 2. The molecule has 0 fully saturated rings. The average molecular weight is 415 g/mol. The first-order valence-electron chi connectivity index (χ1n) is 9.28. The molecule has 0 bridgehead atoms. The molecular weight excluding hydrogens is 392 g/mol. The average Bonchev–Trinajstić information content (AvgIpc) is 3.21. The van der Waals surface area contributed by atoms with Crippen molar-refractivity contribution in [1.82, 2.24) is 10.1 Å². The lowest BCUT2D eigenvalue weighted by Crippen LogP contribution is -2.31. The molecule has 0 atom stereocenters. The van der Waals surface area contributed by atoms with Crippen LogP contribution in [0.1, 0.15) is 29.4 Å². The molecule has 3 aromatic rings. The summed E-state index contributed by atoms with van der Waals surface area (Å²) in [6, 6.07) is 14.2. The van der Waals surface area contributed by atoms with Crippen molar-refractivity contribution < 1.29 is 18.8 Å². The van der Waals surface area contributed by atoms with Gasteiger partial charge in [0.2, 0.25) is 0 Å². The maximum atomic E-state index is 12.9. The van der Waals surface area contributed by atoms with Gasteiger partial charge >= 0.3 is 0 Å². The molecule has 0 aliphatic heterocycles. The van der Waals surface area contributed by atoms with Crippen LogP contribution in [0.4, 0.5) is 0 Å².